The van der Waals surface area contributed by atoms with Gasteiger partial charge in [0.2, 0.25) is 11.8 Å². The molecule has 0 aromatic carbocycles. The summed E-state index contributed by atoms with van der Waals surface area (Å²) in [4.78, 5) is 11.7. The molecule has 0 atom stereocenters. The molecule has 0 aromatic heterocycles. The minimum Gasteiger partial charge on any atom is -0.381 e. The summed E-state index contributed by atoms with van der Waals surface area (Å²) < 4.78 is 31.1. The van der Waals surface area contributed by atoms with Gasteiger partial charge in [0.25, 0.3) is 0 Å². The number of amides is 1. The fraction of sp³-hybridized carbons (Fsp3) is 0.917. The molecule has 1 fully saturated rings. The van der Waals surface area contributed by atoms with Gasteiger partial charge in [0.1, 0.15) is 0 Å². The lowest BCUT2D eigenvalue weighted by atomic mass is 9.86. The molecule has 0 bridgehead atoms. The van der Waals surface area contributed by atoms with Crippen LogP contribution in [0.25, 0.3) is 0 Å². The van der Waals surface area contributed by atoms with Crippen LogP contribution < -0.4 is 5.32 Å². The molecule has 1 N–H and O–H groups in total. The lowest BCUT2D eigenvalue weighted by Crippen LogP contribution is -2.36. The molecule has 0 heterocycles. The van der Waals surface area contributed by atoms with E-state index in [1.54, 1.807) is 0 Å². The van der Waals surface area contributed by atoms with Crippen molar-refractivity contribution in [2.45, 2.75) is 38.0 Å². The second-order valence-electron chi connectivity index (χ2n) is 4.58. The van der Waals surface area contributed by atoms with E-state index in [2.05, 4.69) is 21.2 Å². The van der Waals surface area contributed by atoms with Crippen LogP contribution in [-0.2, 0) is 9.53 Å². The van der Waals surface area contributed by atoms with Crippen LogP contribution in [0.3, 0.4) is 0 Å². The summed E-state index contributed by atoms with van der Waals surface area (Å²) in [5, 5.41) is 3.58. The summed E-state index contributed by atoms with van der Waals surface area (Å²) in [6.45, 7) is 1.81. The standard InChI is InChI=1S/C12H20BrF2NO2/c13-6-9-18-8-1-7-16-11(17)10-2-4-12(14,15)5-3-10/h10H,1-9H2,(H,16,17). The molecule has 1 rings (SSSR count). The molecule has 0 aromatic rings. The third-order valence-electron chi connectivity index (χ3n) is 3.07. The smallest absolute Gasteiger partial charge is 0.248 e. The predicted molar refractivity (Wildman–Crippen MR) is 69.1 cm³/mol. The molecule has 1 aliphatic carbocycles. The van der Waals surface area contributed by atoms with Crippen LogP contribution in [0.1, 0.15) is 32.1 Å². The van der Waals surface area contributed by atoms with Crippen molar-refractivity contribution in [3.05, 3.63) is 0 Å². The molecule has 1 amide bonds. The number of carbonyl (C=O) groups excluding carboxylic acids is 1. The first kappa shape index (κ1) is 15.8. The SMILES string of the molecule is O=C(NCCCOCCBr)C1CCC(F)(F)CC1. The Hall–Kier alpha value is -0.230. The molecule has 0 saturated heterocycles. The van der Waals surface area contributed by atoms with Gasteiger partial charge in [0.05, 0.1) is 6.61 Å². The molecule has 0 spiro atoms. The summed E-state index contributed by atoms with van der Waals surface area (Å²) >= 11 is 3.25. The Labute approximate surface area is 115 Å². The Balaban J connectivity index is 2.07. The molecule has 106 valence electrons. The Morgan fingerprint density at radius 3 is 2.61 bits per heavy atom. The van der Waals surface area contributed by atoms with E-state index in [9.17, 15) is 13.6 Å². The summed E-state index contributed by atoms with van der Waals surface area (Å²) in [5.74, 6) is -2.90. The van der Waals surface area contributed by atoms with Crippen LogP contribution in [0.2, 0.25) is 0 Å². The molecule has 0 aliphatic heterocycles. The highest BCUT2D eigenvalue weighted by Crippen LogP contribution is 2.36. The number of nitrogens with one attached hydrogen (secondary N) is 1. The van der Waals surface area contributed by atoms with Crippen molar-refractivity contribution < 1.29 is 18.3 Å². The molecule has 0 unspecified atom stereocenters. The zero-order valence-corrected chi connectivity index (χ0v) is 12.0. The van der Waals surface area contributed by atoms with Crippen molar-refractivity contribution in [3.8, 4) is 0 Å². The van der Waals surface area contributed by atoms with Crippen LogP contribution in [0.15, 0.2) is 0 Å². The Kier molecular flexibility index (Phi) is 7.07. The van der Waals surface area contributed by atoms with Gasteiger partial charge in [-0.05, 0) is 19.3 Å². The number of hydrogen-bond donors (Lipinski definition) is 1. The number of hydrogen-bond acceptors (Lipinski definition) is 2. The van der Waals surface area contributed by atoms with Crippen LogP contribution in [0, 0.1) is 5.92 Å². The van der Waals surface area contributed by atoms with Gasteiger partial charge in [-0.15, -0.1) is 0 Å². The van der Waals surface area contributed by atoms with Crippen LogP contribution in [0.4, 0.5) is 8.78 Å². The van der Waals surface area contributed by atoms with Crippen molar-refractivity contribution in [3.63, 3.8) is 0 Å². The van der Waals surface area contributed by atoms with Gasteiger partial charge in [-0.1, -0.05) is 15.9 Å². The largest absolute Gasteiger partial charge is 0.381 e. The van der Waals surface area contributed by atoms with E-state index in [1.807, 2.05) is 0 Å². The maximum absolute atomic E-state index is 12.9. The second-order valence-corrected chi connectivity index (χ2v) is 5.37. The fourth-order valence-electron chi connectivity index (χ4n) is 1.99. The van der Waals surface area contributed by atoms with Gasteiger partial charge in [-0.25, -0.2) is 8.78 Å². The molecule has 6 heteroatoms. The lowest BCUT2D eigenvalue weighted by Gasteiger charge is -2.27. The van der Waals surface area contributed by atoms with Crippen molar-refractivity contribution in [2.24, 2.45) is 5.92 Å². The van der Waals surface area contributed by atoms with Gasteiger partial charge in [0, 0.05) is 37.2 Å². The number of alkyl halides is 3. The first-order chi connectivity index (χ1) is 8.55. The predicted octanol–water partition coefficient (Wildman–Crippen LogP) is 2.73. The summed E-state index contributed by atoms with van der Waals surface area (Å²) in [7, 11) is 0. The Morgan fingerprint density at radius 1 is 1.33 bits per heavy atom. The van der Waals surface area contributed by atoms with Gasteiger partial charge >= 0.3 is 0 Å². The van der Waals surface area contributed by atoms with E-state index in [0.29, 0.717) is 32.6 Å². The highest BCUT2D eigenvalue weighted by atomic mass is 79.9. The van der Waals surface area contributed by atoms with Crippen LogP contribution in [-0.4, -0.2) is 36.9 Å². The van der Waals surface area contributed by atoms with Crippen molar-refractivity contribution >= 4 is 21.8 Å². The third kappa shape index (κ3) is 6.09. The summed E-state index contributed by atoms with van der Waals surface area (Å²) in [5.41, 5.74) is 0. The molecular weight excluding hydrogens is 308 g/mol. The maximum atomic E-state index is 12.9. The Morgan fingerprint density at radius 2 is 2.00 bits per heavy atom. The third-order valence-corrected chi connectivity index (χ3v) is 3.40. The highest BCUT2D eigenvalue weighted by molar-refractivity contribution is 9.09. The minimum atomic E-state index is -2.57. The van der Waals surface area contributed by atoms with E-state index in [1.165, 1.54) is 0 Å². The molecular formula is C12H20BrF2NO2. The van der Waals surface area contributed by atoms with E-state index in [4.69, 9.17) is 4.74 Å². The van der Waals surface area contributed by atoms with Crippen molar-refractivity contribution in [1.29, 1.82) is 0 Å². The topological polar surface area (TPSA) is 38.3 Å². The highest BCUT2D eigenvalue weighted by Gasteiger charge is 2.37. The van der Waals surface area contributed by atoms with Gasteiger partial charge in [0.15, 0.2) is 0 Å². The molecule has 1 aliphatic rings. The van der Waals surface area contributed by atoms with Gasteiger partial charge in [-0.3, -0.25) is 4.79 Å². The quantitative estimate of drug-likeness (QED) is 0.576. The zero-order chi connectivity index (χ0) is 13.4. The van der Waals surface area contributed by atoms with Gasteiger partial charge < -0.3 is 10.1 Å². The summed E-state index contributed by atoms with van der Waals surface area (Å²) in [6.07, 6.45) is 0.998. The molecule has 0 radical (unpaired) electrons. The maximum Gasteiger partial charge on any atom is 0.248 e. The first-order valence-electron chi connectivity index (χ1n) is 6.34. The van der Waals surface area contributed by atoms with Crippen molar-refractivity contribution in [1.82, 2.24) is 5.32 Å². The number of ether oxygens (including phenoxy) is 1. The van der Waals surface area contributed by atoms with Crippen LogP contribution in [0.5, 0.6) is 0 Å². The van der Waals surface area contributed by atoms with E-state index < -0.39 is 5.92 Å². The zero-order valence-electron chi connectivity index (χ0n) is 10.4. The van der Waals surface area contributed by atoms with E-state index in [-0.39, 0.29) is 24.7 Å². The second kappa shape index (κ2) is 8.04. The monoisotopic (exact) mass is 327 g/mol. The number of halogens is 3. The van der Waals surface area contributed by atoms with Crippen LogP contribution >= 0.6 is 15.9 Å². The van der Waals surface area contributed by atoms with Crippen molar-refractivity contribution in [2.75, 3.05) is 25.1 Å². The number of carbonyl (C=O) groups is 1. The average molecular weight is 328 g/mol. The van der Waals surface area contributed by atoms with E-state index >= 15 is 0 Å². The summed E-state index contributed by atoms with van der Waals surface area (Å²) in [6, 6.07) is 0. The first-order valence-corrected chi connectivity index (χ1v) is 7.46. The molecule has 1 saturated carbocycles. The Bertz CT molecular complexity index is 254. The normalized spacial score (nSPS) is 19.7. The minimum absolute atomic E-state index is 0.0917. The lowest BCUT2D eigenvalue weighted by molar-refractivity contribution is -0.129. The molecule has 3 nitrogen and oxygen atoms in total. The fourth-order valence-corrected chi connectivity index (χ4v) is 2.22. The van der Waals surface area contributed by atoms with E-state index in [0.717, 1.165) is 11.8 Å². The van der Waals surface area contributed by atoms with Gasteiger partial charge in [-0.2, -0.15) is 0 Å². The molecule has 18 heavy (non-hydrogen) atoms. The number of rotatable bonds is 7. The average Bonchev–Trinajstić information content (AvgIpc) is 2.33.